The van der Waals surface area contributed by atoms with Crippen LogP contribution < -0.4 is 0 Å². The van der Waals surface area contributed by atoms with Gasteiger partial charge in [-0.15, -0.1) is 0 Å². The zero-order chi connectivity index (χ0) is 11.2. The zero-order valence-electron chi connectivity index (χ0n) is 9.73. The van der Waals surface area contributed by atoms with E-state index in [1.165, 1.54) is 0 Å². The molecule has 0 aromatic rings. The first-order valence-electron chi connectivity index (χ1n) is 5.64. The zero-order valence-corrected chi connectivity index (χ0v) is 9.73. The second kappa shape index (κ2) is 3.46. The van der Waals surface area contributed by atoms with E-state index in [9.17, 15) is 9.90 Å². The Kier molecular flexibility index (Phi) is 2.51. The van der Waals surface area contributed by atoms with Crippen molar-refractivity contribution < 1.29 is 9.90 Å². The van der Waals surface area contributed by atoms with E-state index in [-0.39, 0.29) is 11.8 Å². The third-order valence-electron chi connectivity index (χ3n) is 3.27. The van der Waals surface area contributed by atoms with Crippen molar-refractivity contribution in [2.24, 2.45) is 5.92 Å². The Hall–Kier alpha value is -0.610. The smallest absolute Gasteiger partial charge is 0.225 e. The summed E-state index contributed by atoms with van der Waals surface area (Å²) in [6.45, 7) is 8.91. The molecule has 0 bridgehead atoms. The molecule has 0 radical (unpaired) electrons. The molecule has 2 saturated heterocycles. The van der Waals surface area contributed by atoms with E-state index in [2.05, 4.69) is 4.90 Å². The minimum atomic E-state index is -0.498. The van der Waals surface area contributed by atoms with Gasteiger partial charge in [-0.05, 0) is 6.92 Å². The summed E-state index contributed by atoms with van der Waals surface area (Å²) >= 11 is 0. The molecule has 0 aromatic heterocycles. The van der Waals surface area contributed by atoms with E-state index in [0.717, 1.165) is 26.2 Å². The predicted octanol–water partition coefficient (Wildman–Crippen LogP) is -0.0802. The lowest BCUT2D eigenvalue weighted by atomic mass is 9.91. The van der Waals surface area contributed by atoms with Crippen LogP contribution >= 0.6 is 0 Å². The standard InChI is InChI=1S/C11H20N2O2/c1-8(2)10(14)12-4-9(5-12)13-6-11(3,15)7-13/h8-9,15H,4-7H2,1-3H3. The summed E-state index contributed by atoms with van der Waals surface area (Å²) in [4.78, 5) is 15.7. The average Bonchev–Trinajstić information content (AvgIpc) is 1.97. The fourth-order valence-corrected chi connectivity index (χ4v) is 2.32. The van der Waals surface area contributed by atoms with Gasteiger partial charge < -0.3 is 10.0 Å². The highest BCUT2D eigenvalue weighted by atomic mass is 16.3. The lowest BCUT2D eigenvalue weighted by Gasteiger charge is -2.54. The van der Waals surface area contributed by atoms with Crippen LogP contribution in [0.3, 0.4) is 0 Å². The van der Waals surface area contributed by atoms with Crippen molar-refractivity contribution in [2.45, 2.75) is 32.4 Å². The van der Waals surface area contributed by atoms with Crippen molar-refractivity contribution in [2.75, 3.05) is 26.2 Å². The van der Waals surface area contributed by atoms with Gasteiger partial charge >= 0.3 is 0 Å². The summed E-state index contributed by atoms with van der Waals surface area (Å²) < 4.78 is 0. The maximum Gasteiger partial charge on any atom is 0.225 e. The largest absolute Gasteiger partial charge is 0.388 e. The highest BCUT2D eigenvalue weighted by Crippen LogP contribution is 2.27. The quantitative estimate of drug-likeness (QED) is 0.696. The molecule has 0 aromatic carbocycles. The molecule has 0 spiro atoms. The van der Waals surface area contributed by atoms with Crippen LogP contribution in [0.2, 0.25) is 0 Å². The number of carbonyl (C=O) groups excluding carboxylic acids is 1. The first-order valence-corrected chi connectivity index (χ1v) is 5.64. The number of amides is 1. The van der Waals surface area contributed by atoms with E-state index >= 15 is 0 Å². The first kappa shape index (κ1) is 10.9. The van der Waals surface area contributed by atoms with Crippen LogP contribution in [0, 0.1) is 5.92 Å². The van der Waals surface area contributed by atoms with Crippen molar-refractivity contribution in [1.82, 2.24) is 9.80 Å². The van der Waals surface area contributed by atoms with Crippen molar-refractivity contribution in [3.63, 3.8) is 0 Å². The number of hydrogen-bond donors (Lipinski definition) is 1. The maximum absolute atomic E-state index is 11.6. The topological polar surface area (TPSA) is 43.8 Å². The Balaban J connectivity index is 1.73. The molecular formula is C11H20N2O2. The normalized spacial score (nSPS) is 26.3. The summed E-state index contributed by atoms with van der Waals surface area (Å²) in [5.41, 5.74) is -0.498. The second-order valence-electron chi connectivity index (χ2n) is 5.45. The molecule has 2 rings (SSSR count). The number of rotatable bonds is 2. The van der Waals surface area contributed by atoms with Crippen LogP contribution in [0.4, 0.5) is 0 Å². The van der Waals surface area contributed by atoms with Crippen molar-refractivity contribution in [3.05, 3.63) is 0 Å². The fraction of sp³-hybridized carbons (Fsp3) is 0.909. The van der Waals surface area contributed by atoms with E-state index in [0.29, 0.717) is 6.04 Å². The number of carbonyl (C=O) groups is 1. The van der Waals surface area contributed by atoms with E-state index in [1.54, 1.807) is 0 Å². The number of β-amino-alcohol motifs (C(OH)–C–C–N with tert-alkyl or cyclic N) is 1. The Morgan fingerprint density at radius 3 is 2.33 bits per heavy atom. The van der Waals surface area contributed by atoms with E-state index in [4.69, 9.17) is 0 Å². The van der Waals surface area contributed by atoms with E-state index < -0.39 is 5.60 Å². The number of nitrogens with zero attached hydrogens (tertiary/aromatic N) is 2. The monoisotopic (exact) mass is 212 g/mol. The van der Waals surface area contributed by atoms with Gasteiger partial charge in [-0.1, -0.05) is 13.8 Å². The molecule has 2 aliphatic rings. The average molecular weight is 212 g/mol. The molecule has 15 heavy (non-hydrogen) atoms. The van der Waals surface area contributed by atoms with Gasteiger partial charge in [0, 0.05) is 38.1 Å². The van der Waals surface area contributed by atoms with Crippen LogP contribution in [-0.4, -0.2) is 58.6 Å². The number of aliphatic hydroxyl groups is 1. The summed E-state index contributed by atoms with van der Waals surface area (Å²) in [6.07, 6.45) is 0. The molecule has 2 heterocycles. The number of likely N-dealkylation sites (tertiary alicyclic amines) is 2. The predicted molar refractivity (Wildman–Crippen MR) is 57.4 cm³/mol. The van der Waals surface area contributed by atoms with Gasteiger partial charge in [-0.25, -0.2) is 0 Å². The number of hydrogen-bond acceptors (Lipinski definition) is 3. The molecule has 86 valence electrons. The van der Waals surface area contributed by atoms with Crippen LogP contribution in [0.15, 0.2) is 0 Å². The molecule has 1 amide bonds. The fourth-order valence-electron chi connectivity index (χ4n) is 2.32. The Morgan fingerprint density at radius 1 is 1.40 bits per heavy atom. The molecular weight excluding hydrogens is 192 g/mol. The Bertz CT molecular complexity index is 262. The summed E-state index contributed by atoms with van der Waals surface area (Å²) in [5.74, 6) is 0.351. The molecule has 1 N–H and O–H groups in total. The minimum absolute atomic E-state index is 0.102. The van der Waals surface area contributed by atoms with Crippen LogP contribution in [0.25, 0.3) is 0 Å². The van der Waals surface area contributed by atoms with Crippen molar-refractivity contribution in [1.29, 1.82) is 0 Å². The Labute approximate surface area is 90.9 Å². The summed E-state index contributed by atoms with van der Waals surface area (Å²) in [7, 11) is 0. The van der Waals surface area contributed by atoms with Gasteiger partial charge in [-0.3, -0.25) is 9.69 Å². The molecule has 2 fully saturated rings. The lowest BCUT2D eigenvalue weighted by molar-refractivity contribution is -0.154. The van der Waals surface area contributed by atoms with Gasteiger partial charge in [-0.2, -0.15) is 0 Å². The van der Waals surface area contributed by atoms with Crippen LogP contribution in [0.5, 0.6) is 0 Å². The Morgan fingerprint density at radius 2 is 1.93 bits per heavy atom. The second-order valence-corrected chi connectivity index (χ2v) is 5.45. The first-order chi connectivity index (χ1) is 6.89. The van der Waals surface area contributed by atoms with Crippen molar-refractivity contribution >= 4 is 5.91 Å². The molecule has 0 atom stereocenters. The third kappa shape index (κ3) is 2.01. The molecule has 0 aliphatic carbocycles. The highest BCUT2D eigenvalue weighted by Gasteiger charge is 2.45. The van der Waals surface area contributed by atoms with Gasteiger partial charge in [0.1, 0.15) is 0 Å². The van der Waals surface area contributed by atoms with Gasteiger partial charge in [0.2, 0.25) is 5.91 Å². The van der Waals surface area contributed by atoms with Crippen molar-refractivity contribution in [3.8, 4) is 0 Å². The molecule has 2 aliphatic heterocycles. The summed E-state index contributed by atoms with van der Waals surface area (Å²) in [6, 6.07) is 0.480. The lowest BCUT2D eigenvalue weighted by Crippen LogP contribution is -2.71. The van der Waals surface area contributed by atoms with E-state index in [1.807, 2.05) is 25.7 Å². The molecule has 4 nitrogen and oxygen atoms in total. The maximum atomic E-state index is 11.6. The van der Waals surface area contributed by atoms with Crippen LogP contribution in [0.1, 0.15) is 20.8 Å². The molecule has 0 saturated carbocycles. The third-order valence-corrected chi connectivity index (χ3v) is 3.27. The molecule has 4 heteroatoms. The van der Waals surface area contributed by atoms with Gasteiger partial charge in [0.15, 0.2) is 0 Å². The minimum Gasteiger partial charge on any atom is -0.388 e. The van der Waals surface area contributed by atoms with Gasteiger partial charge in [0.25, 0.3) is 0 Å². The summed E-state index contributed by atoms with van der Waals surface area (Å²) in [5, 5.41) is 9.59. The highest BCUT2D eigenvalue weighted by molar-refractivity contribution is 5.79. The van der Waals surface area contributed by atoms with Crippen LogP contribution in [-0.2, 0) is 4.79 Å². The molecule has 0 unspecified atom stereocenters. The SMILES string of the molecule is CC(C)C(=O)N1CC(N2CC(C)(O)C2)C1. The van der Waals surface area contributed by atoms with Gasteiger partial charge in [0.05, 0.1) is 5.60 Å².